The average Bonchev–Trinajstić information content (AvgIpc) is 1.84. The van der Waals surface area contributed by atoms with E-state index in [4.69, 9.17) is 15.3 Å². The minimum atomic E-state index is -2.00. The highest BCUT2D eigenvalue weighted by Gasteiger charge is 2.14. The zero-order valence-electron chi connectivity index (χ0n) is 4.52. The van der Waals surface area contributed by atoms with Crippen molar-refractivity contribution in [3.8, 4) is 0 Å². The first-order valence-corrected chi connectivity index (χ1v) is 2.27. The molecule has 0 aliphatic heterocycles. The third-order valence-corrected chi connectivity index (χ3v) is 0.793. The van der Waals surface area contributed by atoms with E-state index in [1.165, 1.54) is 0 Å². The van der Waals surface area contributed by atoms with Crippen LogP contribution in [-0.4, -0.2) is 40.1 Å². The summed E-state index contributed by atoms with van der Waals surface area (Å²) in [6.45, 7) is -0.796. The summed E-state index contributed by atoms with van der Waals surface area (Å²) in [5.74, 6) is -1.79. The second-order valence-corrected chi connectivity index (χ2v) is 1.51. The summed E-state index contributed by atoms with van der Waals surface area (Å²) >= 11 is 0. The lowest BCUT2D eigenvalue weighted by Crippen LogP contribution is -2.44. The third kappa shape index (κ3) is 3.39. The Morgan fingerprint density at radius 2 is 1.90 bits per heavy atom. The molecular weight excluding hydrogens is 140 g/mol. The maximum Gasteiger partial charge on any atom is 0.121 e. The van der Waals surface area contributed by atoms with Crippen molar-refractivity contribution in [2.24, 2.45) is 0 Å². The Kier molecular flexibility index (Phi) is 6.23. The maximum absolute atomic E-state index is 9.67. The van der Waals surface area contributed by atoms with Crippen LogP contribution in [0.2, 0.25) is 0 Å². The molecule has 10 heavy (non-hydrogen) atoms. The van der Waals surface area contributed by atoms with E-state index in [1.807, 2.05) is 0 Å². The normalized spacial score (nSPS) is 15.1. The predicted octanol–water partition coefficient (Wildman–Crippen LogP) is -2.91. The number of carboxylic acids is 1. The Balaban J connectivity index is 0. The number of aliphatic carboxylic acids is 1. The molecule has 5 nitrogen and oxygen atoms in total. The van der Waals surface area contributed by atoms with Crippen molar-refractivity contribution in [3.63, 3.8) is 0 Å². The van der Waals surface area contributed by atoms with Crippen LogP contribution >= 0.6 is 0 Å². The van der Waals surface area contributed by atoms with Gasteiger partial charge in [0.25, 0.3) is 0 Å². The molecule has 0 aromatic carbocycles. The quantitative estimate of drug-likeness (QED) is 0.401. The molecule has 5 heteroatoms. The van der Waals surface area contributed by atoms with E-state index in [0.717, 1.165) is 0 Å². The first-order valence-electron chi connectivity index (χ1n) is 2.27. The van der Waals surface area contributed by atoms with E-state index in [0.29, 0.717) is 0 Å². The van der Waals surface area contributed by atoms with E-state index < -0.39 is 24.8 Å². The highest BCUT2D eigenvalue weighted by molar-refractivity contribution is 5.70. The summed E-state index contributed by atoms with van der Waals surface area (Å²) in [6, 6.07) is 0. The topological polar surface area (TPSA) is 101 Å². The minimum Gasteiger partial charge on any atom is -0.547 e. The number of carbonyl (C=O) groups is 1. The lowest BCUT2D eigenvalue weighted by molar-refractivity contribution is -0.318. The largest absolute Gasteiger partial charge is 0.547 e. The Labute approximate surface area is 58.5 Å². The van der Waals surface area contributed by atoms with Crippen LogP contribution in [0.3, 0.4) is 0 Å². The summed E-state index contributed by atoms with van der Waals surface area (Å²) in [7, 11) is 0. The summed E-state index contributed by atoms with van der Waals surface area (Å²) in [5.41, 5.74) is 0. The van der Waals surface area contributed by atoms with Crippen LogP contribution in [0.1, 0.15) is 7.43 Å². The van der Waals surface area contributed by atoms with E-state index in [-0.39, 0.29) is 7.43 Å². The summed E-state index contributed by atoms with van der Waals surface area (Å²) < 4.78 is 0. The second kappa shape index (κ2) is 5.16. The van der Waals surface area contributed by atoms with Crippen molar-refractivity contribution in [2.45, 2.75) is 19.6 Å². The molecule has 0 unspecified atom stereocenters. The van der Waals surface area contributed by atoms with Gasteiger partial charge in [-0.1, -0.05) is 7.43 Å². The van der Waals surface area contributed by atoms with Gasteiger partial charge in [-0.2, -0.15) is 0 Å². The minimum absolute atomic E-state index is 0. The molecule has 0 heterocycles. The zero-order valence-corrected chi connectivity index (χ0v) is 4.52. The van der Waals surface area contributed by atoms with Gasteiger partial charge in [-0.15, -0.1) is 0 Å². The monoisotopic (exact) mass is 151 g/mol. The van der Waals surface area contributed by atoms with Gasteiger partial charge in [0.1, 0.15) is 12.2 Å². The Morgan fingerprint density at radius 1 is 1.50 bits per heavy atom. The van der Waals surface area contributed by atoms with Crippen molar-refractivity contribution in [3.05, 3.63) is 0 Å². The summed E-state index contributed by atoms with van der Waals surface area (Å²) in [4.78, 5) is 9.67. The Hall–Kier alpha value is -0.650. The molecule has 0 spiro atoms. The van der Waals surface area contributed by atoms with E-state index >= 15 is 0 Å². The molecule has 0 aromatic rings. The molecule has 3 N–H and O–H groups in total. The fourth-order valence-electron chi connectivity index (χ4n) is 0.257. The molecule has 0 saturated heterocycles. The van der Waals surface area contributed by atoms with Crippen molar-refractivity contribution >= 4 is 5.97 Å². The lowest BCUT2D eigenvalue weighted by atomic mass is 10.2. The van der Waals surface area contributed by atoms with Crippen LogP contribution in [0, 0.1) is 0 Å². The number of carboxylic acid groups (broad SMARTS) is 1. The number of hydrogen-bond acceptors (Lipinski definition) is 5. The van der Waals surface area contributed by atoms with Gasteiger partial charge in [0.2, 0.25) is 0 Å². The SMILES string of the molecule is C.O=C([O-])[C@H](O)[C@@H](O)CO. The first kappa shape index (κ1) is 12.1. The van der Waals surface area contributed by atoms with Gasteiger partial charge in [0, 0.05) is 0 Å². The van der Waals surface area contributed by atoms with Gasteiger partial charge in [-0.3, -0.25) is 0 Å². The molecule has 0 amide bonds. The van der Waals surface area contributed by atoms with Crippen LogP contribution in [0.4, 0.5) is 0 Å². The van der Waals surface area contributed by atoms with Crippen molar-refractivity contribution in [1.82, 2.24) is 0 Å². The smallest absolute Gasteiger partial charge is 0.121 e. The first-order chi connectivity index (χ1) is 4.09. The van der Waals surface area contributed by atoms with Crippen LogP contribution in [0.15, 0.2) is 0 Å². The molecular formula is C5H11O5-. The number of aliphatic hydroxyl groups is 3. The molecule has 0 aromatic heterocycles. The molecule has 0 aliphatic rings. The van der Waals surface area contributed by atoms with Crippen LogP contribution in [0.5, 0.6) is 0 Å². The molecule has 0 fully saturated rings. The Morgan fingerprint density at radius 3 is 2.00 bits per heavy atom. The molecule has 2 atom stereocenters. The van der Waals surface area contributed by atoms with Gasteiger partial charge in [-0.05, 0) is 0 Å². The fraction of sp³-hybridized carbons (Fsp3) is 0.800. The van der Waals surface area contributed by atoms with Crippen LogP contribution in [-0.2, 0) is 4.79 Å². The second-order valence-electron chi connectivity index (χ2n) is 1.51. The van der Waals surface area contributed by atoms with Gasteiger partial charge < -0.3 is 25.2 Å². The van der Waals surface area contributed by atoms with E-state index in [9.17, 15) is 9.90 Å². The van der Waals surface area contributed by atoms with Gasteiger partial charge in [0.05, 0.1) is 12.6 Å². The molecule has 62 valence electrons. The fourth-order valence-corrected chi connectivity index (χ4v) is 0.257. The molecule has 0 aliphatic carbocycles. The highest BCUT2D eigenvalue weighted by atomic mass is 16.4. The summed E-state index contributed by atoms with van der Waals surface area (Å²) in [5, 5.41) is 34.4. The standard InChI is InChI=1S/C4H8O5.CH4/c5-1-2(6)3(7)4(8)9;/h2-3,5-7H,1H2,(H,8,9);1H4/p-1/t2-,3+;/m0./s1. The van der Waals surface area contributed by atoms with E-state index in [2.05, 4.69) is 0 Å². The highest BCUT2D eigenvalue weighted by Crippen LogP contribution is 1.88. The van der Waals surface area contributed by atoms with Crippen LogP contribution in [0.25, 0.3) is 0 Å². The third-order valence-electron chi connectivity index (χ3n) is 0.793. The lowest BCUT2D eigenvalue weighted by Gasteiger charge is -2.15. The number of carbonyl (C=O) groups excluding carboxylic acids is 1. The van der Waals surface area contributed by atoms with Gasteiger partial charge >= 0.3 is 0 Å². The Bertz CT molecular complexity index is 102. The van der Waals surface area contributed by atoms with Crippen LogP contribution < -0.4 is 5.11 Å². The molecule has 0 bridgehead atoms. The number of aliphatic hydroxyl groups excluding tert-OH is 3. The van der Waals surface area contributed by atoms with Gasteiger partial charge in [-0.25, -0.2) is 0 Å². The maximum atomic E-state index is 9.67. The average molecular weight is 151 g/mol. The predicted molar refractivity (Wildman–Crippen MR) is 30.8 cm³/mol. The van der Waals surface area contributed by atoms with E-state index in [1.54, 1.807) is 0 Å². The van der Waals surface area contributed by atoms with Crippen molar-refractivity contribution < 1.29 is 25.2 Å². The van der Waals surface area contributed by atoms with Crippen molar-refractivity contribution in [1.29, 1.82) is 0 Å². The molecule has 0 saturated carbocycles. The summed E-state index contributed by atoms with van der Waals surface area (Å²) in [6.07, 6.45) is -3.66. The molecule has 0 radical (unpaired) electrons. The van der Waals surface area contributed by atoms with Crippen molar-refractivity contribution in [2.75, 3.05) is 6.61 Å². The number of hydrogen-bond donors (Lipinski definition) is 3. The molecule has 0 rings (SSSR count). The number of rotatable bonds is 3. The zero-order chi connectivity index (χ0) is 7.44. The van der Waals surface area contributed by atoms with Gasteiger partial charge in [0.15, 0.2) is 0 Å².